The maximum Gasteiger partial charge on any atom is 0.318 e. The predicted molar refractivity (Wildman–Crippen MR) is 64.7 cm³/mol. The summed E-state index contributed by atoms with van der Waals surface area (Å²) in [6.45, 7) is 2.98. The molecule has 0 aromatic carbocycles. The fraction of sp³-hybridized carbons (Fsp3) is 0.583. The van der Waals surface area contributed by atoms with Crippen LogP contribution in [0.3, 0.4) is 0 Å². The van der Waals surface area contributed by atoms with Crippen molar-refractivity contribution in [2.24, 2.45) is 0 Å². The molecule has 1 aliphatic carbocycles. The number of thiophene rings is 1. The molecule has 1 aliphatic heterocycles. The second-order valence-corrected chi connectivity index (χ2v) is 5.64. The first kappa shape index (κ1) is 10.1. The summed E-state index contributed by atoms with van der Waals surface area (Å²) in [6.07, 6.45) is 3.31. The zero-order valence-electron chi connectivity index (χ0n) is 9.40. The number of hydrogen-bond donors (Lipinski definition) is 1. The molecule has 2 heterocycles. The molecule has 3 rings (SSSR count). The molecule has 3 nitrogen and oxygen atoms in total. The van der Waals surface area contributed by atoms with Crippen LogP contribution in [-0.4, -0.2) is 23.5 Å². The van der Waals surface area contributed by atoms with E-state index in [1.807, 2.05) is 16.2 Å². The predicted octanol–water partition coefficient (Wildman–Crippen LogP) is 2.54. The Kier molecular flexibility index (Phi) is 2.39. The Morgan fingerprint density at radius 1 is 1.56 bits per heavy atom. The number of rotatable bonds is 1. The molecule has 1 fully saturated rings. The molecular weight excluding hydrogens is 220 g/mol. The number of nitrogens with one attached hydrogen (secondary N) is 1. The molecule has 4 heteroatoms. The van der Waals surface area contributed by atoms with E-state index in [1.165, 1.54) is 10.4 Å². The maximum atomic E-state index is 12.0. The fourth-order valence-electron chi connectivity index (χ4n) is 2.27. The molecule has 2 aliphatic rings. The van der Waals surface area contributed by atoms with Gasteiger partial charge in [-0.25, -0.2) is 4.79 Å². The van der Waals surface area contributed by atoms with Gasteiger partial charge in [-0.3, -0.25) is 0 Å². The van der Waals surface area contributed by atoms with Crippen molar-refractivity contribution in [3.63, 3.8) is 0 Å². The van der Waals surface area contributed by atoms with Gasteiger partial charge >= 0.3 is 6.03 Å². The number of carbonyl (C=O) groups excluding carboxylic acids is 1. The monoisotopic (exact) mass is 236 g/mol. The molecular formula is C12H16N2OS. The average Bonchev–Trinajstić information content (AvgIpc) is 2.94. The number of carbonyl (C=O) groups is 1. The topological polar surface area (TPSA) is 32.3 Å². The molecule has 0 unspecified atom stereocenters. The van der Waals surface area contributed by atoms with Crippen LogP contribution in [0.2, 0.25) is 0 Å². The van der Waals surface area contributed by atoms with Crippen LogP contribution < -0.4 is 5.32 Å². The van der Waals surface area contributed by atoms with E-state index in [0.29, 0.717) is 6.04 Å². The van der Waals surface area contributed by atoms with Crippen molar-refractivity contribution in [1.29, 1.82) is 0 Å². The first-order chi connectivity index (χ1) is 7.75. The third kappa shape index (κ3) is 1.71. The van der Waals surface area contributed by atoms with Gasteiger partial charge in [0.05, 0.1) is 6.04 Å². The highest BCUT2D eigenvalue weighted by atomic mass is 32.1. The van der Waals surface area contributed by atoms with Crippen molar-refractivity contribution in [3.8, 4) is 0 Å². The molecule has 1 aromatic heterocycles. The van der Waals surface area contributed by atoms with Gasteiger partial charge in [-0.15, -0.1) is 11.3 Å². The zero-order chi connectivity index (χ0) is 11.1. The first-order valence-electron chi connectivity index (χ1n) is 5.89. The van der Waals surface area contributed by atoms with Crippen LogP contribution in [0.5, 0.6) is 0 Å². The minimum atomic E-state index is 0.117. The Labute approximate surface area is 99.5 Å². The number of nitrogens with zero attached hydrogens (tertiary/aromatic N) is 1. The van der Waals surface area contributed by atoms with E-state index < -0.39 is 0 Å². The van der Waals surface area contributed by atoms with Crippen LogP contribution in [0.4, 0.5) is 4.79 Å². The molecule has 1 aromatic rings. The summed E-state index contributed by atoms with van der Waals surface area (Å²) >= 11 is 1.81. The molecule has 1 saturated carbocycles. The van der Waals surface area contributed by atoms with E-state index in [9.17, 15) is 4.79 Å². The van der Waals surface area contributed by atoms with Gasteiger partial charge in [0.15, 0.2) is 0 Å². The highest BCUT2D eigenvalue weighted by molar-refractivity contribution is 7.10. The van der Waals surface area contributed by atoms with Crippen molar-refractivity contribution in [2.75, 3.05) is 6.54 Å². The molecule has 1 atom stereocenters. The molecule has 16 heavy (non-hydrogen) atoms. The van der Waals surface area contributed by atoms with Gasteiger partial charge in [-0.2, -0.15) is 0 Å². The fourth-order valence-corrected chi connectivity index (χ4v) is 3.23. The summed E-state index contributed by atoms with van der Waals surface area (Å²) in [6, 6.07) is 2.95. The van der Waals surface area contributed by atoms with Crippen molar-refractivity contribution < 1.29 is 4.79 Å². The SMILES string of the molecule is C[C@@H]1c2ccsc2CCN1C(=O)NC1CC1. The number of urea groups is 1. The number of fused-ring (bicyclic) bond motifs is 1. The van der Waals surface area contributed by atoms with Crippen LogP contribution in [0, 0.1) is 0 Å². The lowest BCUT2D eigenvalue weighted by Gasteiger charge is -2.33. The molecule has 1 N–H and O–H groups in total. The van der Waals surface area contributed by atoms with E-state index in [-0.39, 0.29) is 12.1 Å². The van der Waals surface area contributed by atoms with Crippen LogP contribution in [0.1, 0.15) is 36.2 Å². The lowest BCUT2D eigenvalue weighted by Crippen LogP contribution is -2.45. The Morgan fingerprint density at radius 2 is 2.38 bits per heavy atom. The van der Waals surface area contributed by atoms with E-state index in [0.717, 1.165) is 25.8 Å². The van der Waals surface area contributed by atoms with Crippen LogP contribution in [0.15, 0.2) is 11.4 Å². The van der Waals surface area contributed by atoms with Crippen molar-refractivity contribution in [3.05, 3.63) is 21.9 Å². The van der Waals surface area contributed by atoms with E-state index in [4.69, 9.17) is 0 Å². The van der Waals surface area contributed by atoms with Gasteiger partial charge in [-0.05, 0) is 43.2 Å². The van der Waals surface area contributed by atoms with E-state index in [2.05, 4.69) is 23.7 Å². The highest BCUT2D eigenvalue weighted by Crippen LogP contribution is 2.33. The largest absolute Gasteiger partial charge is 0.335 e. The smallest absolute Gasteiger partial charge is 0.318 e. The second-order valence-electron chi connectivity index (χ2n) is 4.64. The Balaban J connectivity index is 1.75. The second kappa shape index (κ2) is 3.77. The Bertz CT molecular complexity index is 411. The highest BCUT2D eigenvalue weighted by Gasteiger charge is 2.31. The quantitative estimate of drug-likeness (QED) is 0.798. The Morgan fingerprint density at radius 3 is 3.12 bits per heavy atom. The summed E-state index contributed by atoms with van der Waals surface area (Å²) in [5.41, 5.74) is 1.34. The van der Waals surface area contributed by atoms with Gasteiger partial charge < -0.3 is 10.2 Å². The molecule has 0 radical (unpaired) electrons. The van der Waals surface area contributed by atoms with E-state index >= 15 is 0 Å². The van der Waals surface area contributed by atoms with Gasteiger partial charge in [0.25, 0.3) is 0 Å². The van der Waals surface area contributed by atoms with Crippen LogP contribution in [-0.2, 0) is 6.42 Å². The maximum absolute atomic E-state index is 12.0. The molecule has 86 valence electrons. The third-order valence-corrected chi connectivity index (χ3v) is 4.44. The molecule has 0 bridgehead atoms. The molecule has 0 spiro atoms. The van der Waals surface area contributed by atoms with Crippen LogP contribution >= 0.6 is 11.3 Å². The first-order valence-corrected chi connectivity index (χ1v) is 6.77. The zero-order valence-corrected chi connectivity index (χ0v) is 10.2. The summed E-state index contributed by atoms with van der Waals surface area (Å²) < 4.78 is 0. The van der Waals surface area contributed by atoms with Gasteiger partial charge in [-0.1, -0.05) is 0 Å². The van der Waals surface area contributed by atoms with Crippen LogP contribution in [0.25, 0.3) is 0 Å². The van der Waals surface area contributed by atoms with Gasteiger partial charge in [0.1, 0.15) is 0 Å². The summed E-state index contributed by atoms with van der Waals surface area (Å²) in [5, 5.41) is 5.20. The number of hydrogen-bond acceptors (Lipinski definition) is 2. The van der Waals surface area contributed by atoms with Crippen molar-refractivity contribution in [2.45, 2.75) is 38.3 Å². The Hall–Kier alpha value is -1.03. The summed E-state index contributed by atoms with van der Waals surface area (Å²) in [4.78, 5) is 15.4. The lowest BCUT2D eigenvalue weighted by atomic mass is 10.0. The standard InChI is InChI=1S/C12H16N2OS/c1-8-10-5-7-16-11(10)4-6-14(8)12(15)13-9-2-3-9/h5,7-9H,2-4,6H2,1H3,(H,13,15)/t8-/m1/s1. The average molecular weight is 236 g/mol. The lowest BCUT2D eigenvalue weighted by molar-refractivity contribution is 0.175. The minimum absolute atomic E-state index is 0.117. The van der Waals surface area contributed by atoms with Gasteiger partial charge in [0, 0.05) is 17.5 Å². The minimum Gasteiger partial charge on any atom is -0.335 e. The normalized spacial score (nSPS) is 24.1. The van der Waals surface area contributed by atoms with E-state index in [1.54, 1.807) is 0 Å². The third-order valence-electron chi connectivity index (χ3n) is 3.44. The molecule has 2 amide bonds. The molecule has 0 saturated heterocycles. The van der Waals surface area contributed by atoms with Crippen molar-refractivity contribution >= 4 is 17.4 Å². The van der Waals surface area contributed by atoms with Crippen molar-refractivity contribution in [1.82, 2.24) is 10.2 Å². The summed E-state index contributed by atoms with van der Waals surface area (Å²) in [7, 11) is 0. The number of amides is 2. The van der Waals surface area contributed by atoms with Gasteiger partial charge in [0.2, 0.25) is 0 Å². The summed E-state index contributed by atoms with van der Waals surface area (Å²) in [5.74, 6) is 0.